The maximum atomic E-state index is 13.0. The number of benzene rings is 2. The molecule has 2 aromatic carbocycles. The highest BCUT2D eigenvalue weighted by molar-refractivity contribution is 7.17. The summed E-state index contributed by atoms with van der Waals surface area (Å²) in [5, 5.41) is 3.97. The fourth-order valence-electron chi connectivity index (χ4n) is 3.08. The number of rotatable bonds is 4. The number of ether oxygens (including phenoxy) is 1. The summed E-state index contributed by atoms with van der Waals surface area (Å²) in [6.45, 7) is 1.36. The monoisotopic (exact) mass is 364 g/mol. The fraction of sp³-hybridized carbons (Fsp3) is 0.238. The molecule has 1 unspecified atom stereocenters. The average molecular weight is 364 g/mol. The predicted octanol–water partition coefficient (Wildman–Crippen LogP) is 4.39. The van der Waals surface area contributed by atoms with Crippen molar-refractivity contribution in [2.75, 3.05) is 13.2 Å². The quantitative estimate of drug-likeness (QED) is 0.747. The van der Waals surface area contributed by atoms with Gasteiger partial charge >= 0.3 is 0 Å². The predicted molar refractivity (Wildman–Crippen MR) is 104 cm³/mol. The molecule has 4 nitrogen and oxygen atoms in total. The van der Waals surface area contributed by atoms with Gasteiger partial charge in [-0.25, -0.2) is 4.98 Å². The molecule has 3 aromatic rings. The third kappa shape index (κ3) is 3.69. The van der Waals surface area contributed by atoms with E-state index in [2.05, 4.69) is 5.32 Å². The summed E-state index contributed by atoms with van der Waals surface area (Å²) in [6.07, 6.45) is 1.94. The second-order valence-electron chi connectivity index (χ2n) is 6.32. The van der Waals surface area contributed by atoms with Crippen molar-refractivity contribution in [1.29, 1.82) is 0 Å². The van der Waals surface area contributed by atoms with E-state index in [0.717, 1.165) is 41.3 Å². The zero-order valence-corrected chi connectivity index (χ0v) is 15.2. The Morgan fingerprint density at radius 3 is 2.38 bits per heavy atom. The van der Waals surface area contributed by atoms with E-state index in [1.807, 2.05) is 60.7 Å². The lowest BCUT2D eigenvalue weighted by Crippen LogP contribution is -2.40. The largest absolute Gasteiger partial charge is 0.379 e. The van der Waals surface area contributed by atoms with Gasteiger partial charge in [0, 0.05) is 17.7 Å². The molecule has 1 N–H and O–H groups in total. The van der Waals surface area contributed by atoms with Crippen molar-refractivity contribution < 1.29 is 9.53 Å². The summed E-state index contributed by atoms with van der Waals surface area (Å²) in [5.41, 5.74) is 2.72. The van der Waals surface area contributed by atoms with Crippen LogP contribution in [0.3, 0.4) is 0 Å². The van der Waals surface area contributed by atoms with Gasteiger partial charge in [-0.2, -0.15) is 0 Å². The van der Waals surface area contributed by atoms with Crippen molar-refractivity contribution in [3.05, 3.63) is 65.5 Å². The van der Waals surface area contributed by atoms with Crippen molar-refractivity contribution >= 4 is 17.2 Å². The summed E-state index contributed by atoms with van der Waals surface area (Å²) in [6, 6.07) is 19.9. The lowest BCUT2D eigenvalue weighted by Gasteiger charge is -2.22. The number of hydrogen-bond donors (Lipinski definition) is 1. The van der Waals surface area contributed by atoms with Gasteiger partial charge in [-0.3, -0.25) is 4.79 Å². The molecule has 4 rings (SSSR count). The first-order valence-corrected chi connectivity index (χ1v) is 9.63. The molecule has 2 heterocycles. The molecule has 0 spiro atoms. The molecular weight excluding hydrogens is 344 g/mol. The lowest BCUT2D eigenvalue weighted by molar-refractivity contribution is 0.0626. The first-order chi connectivity index (χ1) is 12.8. The van der Waals surface area contributed by atoms with Crippen LogP contribution < -0.4 is 5.32 Å². The molecule has 0 aliphatic carbocycles. The number of nitrogens with one attached hydrogen (secondary N) is 1. The van der Waals surface area contributed by atoms with Gasteiger partial charge < -0.3 is 10.1 Å². The van der Waals surface area contributed by atoms with Crippen LogP contribution in [0.2, 0.25) is 0 Å². The number of carbonyl (C=O) groups is 1. The maximum absolute atomic E-state index is 13.0. The number of carbonyl (C=O) groups excluding carboxylic acids is 1. The van der Waals surface area contributed by atoms with E-state index in [-0.39, 0.29) is 11.9 Å². The fourth-order valence-corrected chi connectivity index (χ4v) is 4.07. The molecule has 5 heteroatoms. The van der Waals surface area contributed by atoms with Gasteiger partial charge in [0.25, 0.3) is 5.91 Å². The molecule has 1 aliphatic heterocycles. The Balaban J connectivity index is 1.69. The van der Waals surface area contributed by atoms with Gasteiger partial charge in [0.15, 0.2) is 0 Å². The van der Waals surface area contributed by atoms with E-state index in [0.29, 0.717) is 11.5 Å². The maximum Gasteiger partial charge on any atom is 0.263 e. The van der Waals surface area contributed by atoms with Crippen molar-refractivity contribution in [3.63, 3.8) is 0 Å². The van der Waals surface area contributed by atoms with E-state index in [1.54, 1.807) is 0 Å². The van der Waals surface area contributed by atoms with Gasteiger partial charge in [-0.1, -0.05) is 60.7 Å². The number of aromatic nitrogens is 1. The van der Waals surface area contributed by atoms with E-state index in [4.69, 9.17) is 9.72 Å². The lowest BCUT2D eigenvalue weighted by atomic mass is 10.1. The van der Waals surface area contributed by atoms with Crippen molar-refractivity contribution in [1.82, 2.24) is 10.3 Å². The Bertz CT molecular complexity index is 872. The molecule has 0 bridgehead atoms. The molecule has 0 radical (unpaired) electrons. The molecule has 1 fully saturated rings. The molecule has 1 aromatic heterocycles. The van der Waals surface area contributed by atoms with Crippen molar-refractivity contribution in [3.8, 4) is 21.8 Å². The van der Waals surface area contributed by atoms with E-state index < -0.39 is 0 Å². The number of amides is 1. The van der Waals surface area contributed by atoms with E-state index in [1.165, 1.54) is 11.3 Å². The molecule has 1 aliphatic rings. The Morgan fingerprint density at radius 2 is 1.73 bits per heavy atom. The molecular formula is C21H20N2O2S. The Labute approximate surface area is 156 Å². The molecule has 0 saturated carbocycles. The average Bonchev–Trinajstić information content (AvgIpc) is 3.16. The van der Waals surface area contributed by atoms with Crippen molar-refractivity contribution in [2.24, 2.45) is 0 Å². The van der Waals surface area contributed by atoms with Crippen LogP contribution in [-0.4, -0.2) is 30.1 Å². The third-order valence-electron chi connectivity index (χ3n) is 4.40. The number of thiazole rings is 1. The summed E-state index contributed by atoms with van der Waals surface area (Å²) >= 11 is 1.44. The topological polar surface area (TPSA) is 51.2 Å². The summed E-state index contributed by atoms with van der Waals surface area (Å²) in [4.78, 5) is 18.4. The summed E-state index contributed by atoms with van der Waals surface area (Å²) in [7, 11) is 0. The van der Waals surface area contributed by atoms with Crippen LogP contribution in [0.25, 0.3) is 21.8 Å². The van der Waals surface area contributed by atoms with Crippen LogP contribution in [0.5, 0.6) is 0 Å². The molecule has 1 saturated heterocycles. The normalized spacial score (nSPS) is 17.0. The van der Waals surface area contributed by atoms with Crippen LogP contribution in [0, 0.1) is 0 Å². The van der Waals surface area contributed by atoms with Gasteiger partial charge in [0.2, 0.25) is 0 Å². The van der Waals surface area contributed by atoms with Crippen LogP contribution in [-0.2, 0) is 4.74 Å². The van der Waals surface area contributed by atoms with Crippen LogP contribution in [0.1, 0.15) is 22.5 Å². The zero-order valence-electron chi connectivity index (χ0n) is 14.4. The first kappa shape index (κ1) is 16.9. The smallest absolute Gasteiger partial charge is 0.263 e. The highest BCUT2D eigenvalue weighted by Crippen LogP contribution is 2.34. The standard InChI is InChI=1S/C21H20N2O2S/c24-20(22-17-12-7-13-25-14-17)19-18(15-8-3-1-4-9-15)23-21(26-19)16-10-5-2-6-11-16/h1-6,8-11,17H,7,12-14H2,(H,22,24). The van der Waals surface area contributed by atoms with Crippen molar-refractivity contribution in [2.45, 2.75) is 18.9 Å². The Hall–Kier alpha value is -2.50. The second-order valence-corrected chi connectivity index (χ2v) is 7.32. The molecule has 132 valence electrons. The Kier molecular flexibility index (Phi) is 5.09. The zero-order chi connectivity index (χ0) is 17.8. The number of hydrogen-bond acceptors (Lipinski definition) is 4. The Morgan fingerprint density at radius 1 is 1.04 bits per heavy atom. The van der Waals surface area contributed by atoms with Gasteiger partial charge in [0.05, 0.1) is 18.3 Å². The van der Waals surface area contributed by atoms with Gasteiger partial charge in [-0.05, 0) is 12.8 Å². The van der Waals surface area contributed by atoms with Gasteiger partial charge in [0.1, 0.15) is 9.88 Å². The minimum atomic E-state index is -0.0703. The molecule has 1 atom stereocenters. The minimum absolute atomic E-state index is 0.0703. The van der Waals surface area contributed by atoms with E-state index >= 15 is 0 Å². The highest BCUT2D eigenvalue weighted by Gasteiger charge is 2.23. The molecule has 1 amide bonds. The van der Waals surface area contributed by atoms with Crippen LogP contribution >= 0.6 is 11.3 Å². The first-order valence-electron chi connectivity index (χ1n) is 8.81. The highest BCUT2D eigenvalue weighted by atomic mass is 32.1. The summed E-state index contributed by atoms with van der Waals surface area (Å²) in [5.74, 6) is -0.0703. The molecule has 26 heavy (non-hydrogen) atoms. The second kappa shape index (κ2) is 7.81. The van der Waals surface area contributed by atoms with Gasteiger partial charge in [-0.15, -0.1) is 11.3 Å². The SMILES string of the molecule is O=C(NC1CCCOC1)c1sc(-c2ccccc2)nc1-c1ccccc1. The van der Waals surface area contributed by atoms with Crippen LogP contribution in [0.15, 0.2) is 60.7 Å². The number of nitrogens with zero attached hydrogens (tertiary/aromatic N) is 1. The third-order valence-corrected chi connectivity index (χ3v) is 5.50. The van der Waals surface area contributed by atoms with Crippen LogP contribution in [0.4, 0.5) is 0 Å². The minimum Gasteiger partial charge on any atom is -0.379 e. The summed E-state index contributed by atoms with van der Waals surface area (Å²) < 4.78 is 5.48. The van der Waals surface area contributed by atoms with E-state index in [9.17, 15) is 4.79 Å².